The van der Waals surface area contributed by atoms with E-state index in [1.807, 2.05) is 6.92 Å². The predicted octanol–water partition coefficient (Wildman–Crippen LogP) is 3.49. The Morgan fingerprint density at radius 1 is 1.15 bits per heavy atom. The van der Waals surface area contributed by atoms with Gasteiger partial charge in [0.2, 0.25) is 0 Å². The van der Waals surface area contributed by atoms with Crippen LogP contribution in [0.5, 0.6) is 5.75 Å². The molecular weight excluding hydrogens is 484 g/mol. The Morgan fingerprint density at radius 2 is 1.94 bits per heavy atom. The molecule has 33 heavy (non-hydrogen) atoms. The second-order valence-electron chi connectivity index (χ2n) is 6.45. The van der Waals surface area contributed by atoms with Gasteiger partial charge in [-0.25, -0.2) is 13.4 Å². The average Bonchev–Trinajstić information content (AvgIpc) is 3.29. The molecule has 1 aromatic heterocycles. The molecule has 0 fully saturated rings. The van der Waals surface area contributed by atoms with Gasteiger partial charge in [-0.15, -0.1) is 11.3 Å². The number of rotatable bonds is 10. The van der Waals surface area contributed by atoms with Crippen LogP contribution in [0.4, 0.5) is 10.8 Å². The van der Waals surface area contributed by atoms with Gasteiger partial charge in [0.15, 0.2) is 10.2 Å². The highest BCUT2D eigenvalue weighted by Gasteiger charge is 2.15. The van der Waals surface area contributed by atoms with Crippen molar-refractivity contribution < 1.29 is 22.7 Å². The van der Waals surface area contributed by atoms with Crippen LogP contribution in [0.2, 0.25) is 0 Å². The second-order valence-corrected chi connectivity index (χ2v) is 9.43. The number of nitrogens with zero attached hydrogens (tertiary/aromatic N) is 1. The van der Waals surface area contributed by atoms with Crippen LogP contribution >= 0.6 is 23.6 Å². The number of hydrogen-bond acceptors (Lipinski definition) is 8. The number of sulfonamides is 1. The molecule has 9 nitrogen and oxygen atoms in total. The average molecular weight is 507 g/mol. The number of anilines is 2. The third-order valence-electron chi connectivity index (χ3n) is 4.10. The number of carbonyl (C=O) groups is 1. The van der Waals surface area contributed by atoms with E-state index in [4.69, 9.17) is 21.7 Å². The number of thiazole rings is 1. The summed E-state index contributed by atoms with van der Waals surface area (Å²) in [5.41, 5.74) is 0.893. The maximum absolute atomic E-state index is 12.5. The van der Waals surface area contributed by atoms with Crippen molar-refractivity contribution in [2.45, 2.75) is 11.8 Å². The molecular formula is C21H22N4O5S3. The Balaban J connectivity index is 1.54. The van der Waals surface area contributed by atoms with E-state index in [-0.39, 0.29) is 15.1 Å². The highest BCUT2D eigenvalue weighted by Crippen LogP contribution is 2.19. The Morgan fingerprint density at radius 3 is 2.64 bits per heavy atom. The molecule has 3 rings (SSSR count). The summed E-state index contributed by atoms with van der Waals surface area (Å²) in [5.74, 6) is 0.138. The lowest BCUT2D eigenvalue weighted by atomic mass is 10.2. The van der Waals surface area contributed by atoms with Crippen molar-refractivity contribution in [1.82, 2.24) is 10.3 Å². The second kappa shape index (κ2) is 11.7. The van der Waals surface area contributed by atoms with Crippen LogP contribution < -0.4 is 20.1 Å². The largest absolute Gasteiger partial charge is 0.491 e. The SMILES string of the molecule is CCOCCOc1cccc(C(=O)NC(=S)Nc2ccc(S(=O)(=O)Nc3nccs3)cc2)c1. The maximum atomic E-state index is 12.5. The lowest BCUT2D eigenvalue weighted by Crippen LogP contribution is -2.34. The van der Waals surface area contributed by atoms with Crippen LogP contribution in [-0.2, 0) is 14.8 Å². The van der Waals surface area contributed by atoms with Gasteiger partial charge in [-0.05, 0) is 61.6 Å². The first-order valence-corrected chi connectivity index (χ1v) is 12.6. The topological polar surface area (TPSA) is 119 Å². The normalized spacial score (nSPS) is 10.9. The van der Waals surface area contributed by atoms with E-state index in [1.54, 1.807) is 41.8 Å². The minimum absolute atomic E-state index is 0.0687. The zero-order valence-corrected chi connectivity index (χ0v) is 20.1. The van der Waals surface area contributed by atoms with Crippen LogP contribution in [0, 0.1) is 0 Å². The number of hydrogen-bond donors (Lipinski definition) is 3. The number of benzene rings is 2. The molecule has 0 bridgehead atoms. The van der Waals surface area contributed by atoms with Crippen LogP contribution in [0.1, 0.15) is 17.3 Å². The Bertz CT molecular complexity index is 1180. The highest BCUT2D eigenvalue weighted by molar-refractivity contribution is 7.93. The van der Waals surface area contributed by atoms with Crippen molar-refractivity contribution in [3.05, 3.63) is 65.7 Å². The summed E-state index contributed by atoms with van der Waals surface area (Å²) in [6, 6.07) is 12.6. The summed E-state index contributed by atoms with van der Waals surface area (Å²) in [5, 5.41) is 7.47. The zero-order valence-electron chi connectivity index (χ0n) is 17.6. The van der Waals surface area contributed by atoms with E-state index in [0.29, 0.717) is 36.8 Å². The van der Waals surface area contributed by atoms with Gasteiger partial charge in [-0.3, -0.25) is 14.8 Å². The molecule has 12 heteroatoms. The number of nitrogens with one attached hydrogen (secondary N) is 3. The quantitative estimate of drug-likeness (QED) is 0.283. The molecule has 3 aromatic rings. The molecule has 0 spiro atoms. The number of aromatic nitrogens is 1. The van der Waals surface area contributed by atoms with Crippen LogP contribution in [0.15, 0.2) is 65.0 Å². The fourth-order valence-corrected chi connectivity index (χ4v) is 4.59. The van der Waals surface area contributed by atoms with Crippen LogP contribution in [-0.4, -0.2) is 44.2 Å². The summed E-state index contributed by atoms with van der Waals surface area (Å²) in [7, 11) is -3.75. The zero-order chi connectivity index (χ0) is 23.7. The van der Waals surface area contributed by atoms with Gasteiger partial charge in [-0.1, -0.05) is 6.07 Å². The molecule has 1 amide bonds. The molecule has 0 aliphatic carbocycles. The van der Waals surface area contributed by atoms with Crippen molar-refractivity contribution in [3.8, 4) is 5.75 Å². The predicted molar refractivity (Wildman–Crippen MR) is 131 cm³/mol. The molecule has 0 radical (unpaired) electrons. The Hall–Kier alpha value is -3.06. The molecule has 2 aromatic carbocycles. The van der Waals surface area contributed by atoms with Crippen molar-refractivity contribution >= 4 is 55.4 Å². The molecule has 1 heterocycles. The van der Waals surface area contributed by atoms with E-state index in [1.165, 1.54) is 29.7 Å². The van der Waals surface area contributed by atoms with Crippen molar-refractivity contribution in [2.75, 3.05) is 29.9 Å². The first-order valence-electron chi connectivity index (χ1n) is 9.82. The summed E-state index contributed by atoms with van der Waals surface area (Å²) < 4.78 is 38.0. The van der Waals surface area contributed by atoms with Gasteiger partial charge in [0.1, 0.15) is 12.4 Å². The van der Waals surface area contributed by atoms with Gasteiger partial charge in [0, 0.05) is 29.4 Å². The maximum Gasteiger partial charge on any atom is 0.263 e. The van der Waals surface area contributed by atoms with E-state index >= 15 is 0 Å². The van der Waals surface area contributed by atoms with Crippen molar-refractivity contribution in [1.29, 1.82) is 0 Å². The monoisotopic (exact) mass is 506 g/mol. The molecule has 0 saturated carbocycles. The molecule has 0 atom stereocenters. The standard InChI is InChI=1S/C21H22N4O5S3/c1-2-29-11-12-30-17-5-3-4-15(14-17)19(26)24-20(31)23-16-6-8-18(9-7-16)33(27,28)25-21-22-10-13-32-21/h3-10,13-14H,2,11-12H2,1H3,(H,22,25)(H2,23,24,26,31). The molecule has 0 aliphatic rings. The minimum atomic E-state index is -3.75. The third-order valence-corrected chi connectivity index (χ3v) is 6.48. The fourth-order valence-electron chi connectivity index (χ4n) is 2.59. The minimum Gasteiger partial charge on any atom is -0.491 e. The molecule has 0 aliphatic heterocycles. The number of ether oxygens (including phenoxy) is 2. The highest BCUT2D eigenvalue weighted by atomic mass is 32.2. The van der Waals surface area contributed by atoms with Gasteiger partial charge in [0.25, 0.3) is 15.9 Å². The lowest BCUT2D eigenvalue weighted by molar-refractivity contribution is 0.0976. The van der Waals surface area contributed by atoms with Gasteiger partial charge >= 0.3 is 0 Å². The number of amides is 1. The van der Waals surface area contributed by atoms with E-state index in [2.05, 4.69) is 20.3 Å². The Labute approximate surface area is 201 Å². The first kappa shape index (κ1) is 24.6. The van der Waals surface area contributed by atoms with E-state index < -0.39 is 15.9 Å². The van der Waals surface area contributed by atoms with E-state index in [0.717, 1.165) is 0 Å². The van der Waals surface area contributed by atoms with Gasteiger partial charge < -0.3 is 14.8 Å². The van der Waals surface area contributed by atoms with Crippen molar-refractivity contribution in [2.24, 2.45) is 0 Å². The molecule has 0 saturated heterocycles. The number of carbonyl (C=O) groups excluding carboxylic acids is 1. The number of thiocarbonyl (C=S) groups is 1. The van der Waals surface area contributed by atoms with Crippen LogP contribution in [0.3, 0.4) is 0 Å². The van der Waals surface area contributed by atoms with E-state index in [9.17, 15) is 13.2 Å². The summed E-state index contributed by atoms with van der Waals surface area (Å²) in [6.45, 7) is 3.35. The fraction of sp³-hybridized carbons (Fsp3) is 0.190. The smallest absolute Gasteiger partial charge is 0.263 e. The Kier molecular flexibility index (Phi) is 8.72. The lowest BCUT2D eigenvalue weighted by Gasteiger charge is -2.11. The molecule has 174 valence electrons. The molecule has 3 N–H and O–H groups in total. The summed E-state index contributed by atoms with van der Waals surface area (Å²) in [4.78, 5) is 16.5. The summed E-state index contributed by atoms with van der Waals surface area (Å²) >= 11 is 6.38. The van der Waals surface area contributed by atoms with Crippen molar-refractivity contribution in [3.63, 3.8) is 0 Å². The summed E-state index contributed by atoms with van der Waals surface area (Å²) in [6.07, 6.45) is 1.51. The first-order chi connectivity index (χ1) is 15.9. The van der Waals surface area contributed by atoms with Gasteiger partial charge in [0.05, 0.1) is 11.5 Å². The van der Waals surface area contributed by atoms with Gasteiger partial charge in [-0.2, -0.15) is 0 Å². The third kappa shape index (κ3) is 7.49. The van der Waals surface area contributed by atoms with Crippen LogP contribution in [0.25, 0.3) is 0 Å². The molecule has 0 unspecified atom stereocenters.